The lowest BCUT2D eigenvalue weighted by molar-refractivity contribution is -0.150. The minimum Gasteiger partial charge on any atom is -0.479 e. The maximum Gasteiger partial charge on any atom is 0.332 e. The monoisotopic (exact) mass is 293 g/mol. The minimum atomic E-state index is -1.03. The molecule has 0 bridgehead atoms. The Morgan fingerprint density at radius 1 is 1.38 bits per heavy atom. The van der Waals surface area contributed by atoms with E-state index in [9.17, 15) is 9.59 Å². The van der Waals surface area contributed by atoms with E-state index in [4.69, 9.17) is 14.6 Å². The first kappa shape index (κ1) is 15.5. The molecule has 1 aromatic carbocycles. The zero-order valence-corrected chi connectivity index (χ0v) is 12.0. The van der Waals surface area contributed by atoms with Crippen LogP contribution < -0.4 is 5.32 Å². The largest absolute Gasteiger partial charge is 0.479 e. The van der Waals surface area contributed by atoms with Crippen LogP contribution in [0.25, 0.3) is 0 Å². The average molecular weight is 293 g/mol. The SMILES string of the molecule is COC(C)c1cccc(NC(=O)[C@@H]2CC[C@H](C(=O)O)O2)c1. The number of carbonyl (C=O) groups excluding carboxylic acids is 1. The van der Waals surface area contributed by atoms with E-state index in [2.05, 4.69) is 5.32 Å². The van der Waals surface area contributed by atoms with Crippen molar-refractivity contribution in [3.8, 4) is 0 Å². The second-order valence-corrected chi connectivity index (χ2v) is 5.02. The number of aliphatic carboxylic acids is 1. The van der Waals surface area contributed by atoms with Crippen molar-refractivity contribution >= 4 is 17.6 Å². The fraction of sp³-hybridized carbons (Fsp3) is 0.467. The number of nitrogens with one attached hydrogen (secondary N) is 1. The Kier molecular flexibility index (Phi) is 4.93. The zero-order chi connectivity index (χ0) is 15.4. The number of ether oxygens (including phenoxy) is 2. The van der Waals surface area contributed by atoms with Gasteiger partial charge in [0.05, 0.1) is 6.10 Å². The lowest BCUT2D eigenvalue weighted by atomic mass is 10.1. The molecule has 0 saturated carbocycles. The number of benzene rings is 1. The Balaban J connectivity index is 1.99. The number of hydrogen-bond donors (Lipinski definition) is 2. The summed E-state index contributed by atoms with van der Waals surface area (Å²) in [4.78, 5) is 22.9. The number of amides is 1. The van der Waals surface area contributed by atoms with Gasteiger partial charge >= 0.3 is 5.97 Å². The Morgan fingerprint density at radius 3 is 2.71 bits per heavy atom. The van der Waals surface area contributed by atoms with Crippen LogP contribution in [0.2, 0.25) is 0 Å². The molecule has 0 radical (unpaired) electrons. The van der Waals surface area contributed by atoms with Gasteiger partial charge in [0.1, 0.15) is 6.10 Å². The topological polar surface area (TPSA) is 84.9 Å². The number of methoxy groups -OCH3 is 1. The Morgan fingerprint density at radius 2 is 2.10 bits per heavy atom. The second-order valence-electron chi connectivity index (χ2n) is 5.02. The summed E-state index contributed by atoms with van der Waals surface area (Å²) in [6.07, 6.45) is -0.901. The van der Waals surface area contributed by atoms with Gasteiger partial charge in [-0.05, 0) is 37.5 Å². The lowest BCUT2D eigenvalue weighted by Gasteiger charge is -2.14. The summed E-state index contributed by atoms with van der Waals surface area (Å²) in [6, 6.07) is 7.34. The summed E-state index contributed by atoms with van der Waals surface area (Å²) in [5.74, 6) is -1.35. The van der Waals surface area contributed by atoms with Crippen molar-refractivity contribution in [3.05, 3.63) is 29.8 Å². The van der Waals surface area contributed by atoms with Gasteiger partial charge in [0, 0.05) is 12.8 Å². The average Bonchev–Trinajstić information content (AvgIpc) is 2.97. The van der Waals surface area contributed by atoms with E-state index >= 15 is 0 Å². The van der Waals surface area contributed by atoms with E-state index in [0.29, 0.717) is 18.5 Å². The van der Waals surface area contributed by atoms with Crippen molar-refractivity contribution in [2.75, 3.05) is 12.4 Å². The van der Waals surface area contributed by atoms with Crippen molar-refractivity contribution in [1.29, 1.82) is 0 Å². The molecular formula is C15H19NO5. The van der Waals surface area contributed by atoms with Crippen LogP contribution in [0, 0.1) is 0 Å². The van der Waals surface area contributed by atoms with Crippen molar-refractivity contribution in [2.24, 2.45) is 0 Å². The van der Waals surface area contributed by atoms with E-state index in [1.165, 1.54) is 0 Å². The standard InChI is InChI=1S/C15H19NO5/c1-9(20-2)10-4-3-5-11(8-10)16-14(17)12-6-7-13(21-12)15(18)19/h3-5,8-9,12-13H,6-7H2,1-2H3,(H,16,17)(H,18,19)/t9?,12-,13+/m0/s1. The van der Waals surface area contributed by atoms with Crippen LogP contribution in [-0.4, -0.2) is 36.3 Å². The van der Waals surface area contributed by atoms with Crippen molar-refractivity contribution in [1.82, 2.24) is 0 Å². The highest BCUT2D eigenvalue weighted by atomic mass is 16.5. The zero-order valence-electron chi connectivity index (χ0n) is 12.0. The van der Waals surface area contributed by atoms with Crippen molar-refractivity contribution < 1.29 is 24.2 Å². The summed E-state index contributed by atoms with van der Waals surface area (Å²) >= 11 is 0. The predicted molar refractivity (Wildman–Crippen MR) is 76.0 cm³/mol. The van der Waals surface area contributed by atoms with Gasteiger partial charge in [-0.25, -0.2) is 4.79 Å². The van der Waals surface area contributed by atoms with Gasteiger partial charge in [0.2, 0.25) is 0 Å². The number of anilines is 1. The van der Waals surface area contributed by atoms with Crippen LogP contribution in [0.4, 0.5) is 5.69 Å². The molecule has 1 fully saturated rings. The maximum absolute atomic E-state index is 12.1. The highest BCUT2D eigenvalue weighted by molar-refractivity contribution is 5.94. The molecule has 0 aromatic heterocycles. The second kappa shape index (κ2) is 6.69. The summed E-state index contributed by atoms with van der Waals surface area (Å²) < 4.78 is 10.5. The lowest BCUT2D eigenvalue weighted by Crippen LogP contribution is -2.29. The molecule has 21 heavy (non-hydrogen) atoms. The molecule has 1 aromatic rings. The van der Waals surface area contributed by atoms with E-state index in [1.54, 1.807) is 13.2 Å². The smallest absolute Gasteiger partial charge is 0.332 e. The number of rotatable bonds is 5. The molecule has 6 heteroatoms. The van der Waals surface area contributed by atoms with Gasteiger partial charge in [-0.2, -0.15) is 0 Å². The van der Waals surface area contributed by atoms with Gasteiger partial charge in [0.15, 0.2) is 6.10 Å². The summed E-state index contributed by atoms with van der Waals surface area (Å²) in [7, 11) is 1.62. The van der Waals surface area contributed by atoms with Crippen LogP contribution >= 0.6 is 0 Å². The summed E-state index contributed by atoms with van der Waals surface area (Å²) in [5, 5.41) is 11.6. The van der Waals surface area contributed by atoms with Crippen molar-refractivity contribution in [3.63, 3.8) is 0 Å². The molecule has 1 saturated heterocycles. The molecule has 0 aliphatic carbocycles. The third-order valence-corrected chi connectivity index (χ3v) is 3.56. The summed E-state index contributed by atoms with van der Waals surface area (Å²) in [5.41, 5.74) is 1.59. The molecule has 114 valence electrons. The van der Waals surface area contributed by atoms with Crippen LogP contribution in [0.15, 0.2) is 24.3 Å². The maximum atomic E-state index is 12.1. The summed E-state index contributed by atoms with van der Waals surface area (Å²) in [6.45, 7) is 1.92. The minimum absolute atomic E-state index is 0.0685. The van der Waals surface area contributed by atoms with Gasteiger partial charge in [-0.15, -0.1) is 0 Å². The predicted octanol–water partition coefficient (Wildman–Crippen LogP) is 1.96. The molecule has 1 aliphatic heterocycles. The van der Waals surface area contributed by atoms with Crippen LogP contribution in [0.1, 0.15) is 31.4 Å². The van der Waals surface area contributed by atoms with E-state index in [0.717, 1.165) is 5.56 Å². The Labute approximate surface area is 123 Å². The normalized spacial score (nSPS) is 22.8. The molecular weight excluding hydrogens is 274 g/mol. The van der Waals surface area contributed by atoms with E-state index in [-0.39, 0.29) is 12.0 Å². The van der Waals surface area contributed by atoms with E-state index in [1.807, 2.05) is 25.1 Å². The molecule has 1 heterocycles. The van der Waals surface area contributed by atoms with E-state index < -0.39 is 18.2 Å². The number of carboxylic acid groups (broad SMARTS) is 1. The van der Waals surface area contributed by atoms with Crippen LogP contribution in [-0.2, 0) is 19.1 Å². The van der Waals surface area contributed by atoms with Crippen molar-refractivity contribution in [2.45, 2.75) is 38.1 Å². The van der Waals surface area contributed by atoms with Crippen LogP contribution in [0.3, 0.4) is 0 Å². The Bertz CT molecular complexity index is 531. The van der Waals surface area contributed by atoms with Gasteiger partial charge < -0.3 is 19.9 Å². The number of carbonyl (C=O) groups is 2. The van der Waals surface area contributed by atoms with Gasteiger partial charge in [-0.1, -0.05) is 12.1 Å². The first-order valence-electron chi connectivity index (χ1n) is 6.83. The Hall–Kier alpha value is -1.92. The third-order valence-electron chi connectivity index (χ3n) is 3.56. The molecule has 1 unspecified atom stereocenters. The van der Waals surface area contributed by atoms with Crippen LogP contribution in [0.5, 0.6) is 0 Å². The number of hydrogen-bond acceptors (Lipinski definition) is 4. The fourth-order valence-electron chi connectivity index (χ4n) is 2.24. The molecule has 6 nitrogen and oxygen atoms in total. The molecule has 0 spiro atoms. The van der Waals surface area contributed by atoms with Gasteiger partial charge in [-0.3, -0.25) is 4.79 Å². The highest BCUT2D eigenvalue weighted by Crippen LogP contribution is 2.23. The fourth-order valence-corrected chi connectivity index (χ4v) is 2.24. The highest BCUT2D eigenvalue weighted by Gasteiger charge is 2.34. The third kappa shape index (κ3) is 3.80. The molecule has 2 rings (SSSR count). The molecule has 3 atom stereocenters. The number of carboxylic acids is 1. The first-order chi connectivity index (χ1) is 10.0. The van der Waals surface area contributed by atoms with Gasteiger partial charge in [0.25, 0.3) is 5.91 Å². The quantitative estimate of drug-likeness (QED) is 0.867. The molecule has 2 N–H and O–H groups in total. The molecule has 1 amide bonds. The molecule has 1 aliphatic rings. The first-order valence-corrected chi connectivity index (χ1v) is 6.83.